The average Bonchev–Trinajstić information content (AvgIpc) is 2.91. The first-order valence-corrected chi connectivity index (χ1v) is 7.58. The number of thiocarbonyl (C=S) groups is 1. The highest BCUT2D eigenvalue weighted by molar-refractivity contribution is 7.80. The average molecular weight is 304 g/mol. The van der Waals surface area contributed by atoms with Gasteiger partial charge >= 0.3 is 0 Å². The van der Waals surface area contributed by atoms with Crippen molar-refractivity contribution in [3.63, 3.8) is 0 Å². The van der Waals surface area contributed by atoms with Gasteiger partial charge in [-0.15, -0.1) is 11.3 Å². The number of carbonyl (C=O) groups excluding carboxylic acids is 1. The van der Waals surface area contributed by atoms with Crippen molar-refractivity contribution in [2.24, 2.45) is 5.73 Å². The highest BCUT2D eigenvalue weighted by Crippen LogP contribution is 2.12. The highest BCUT2D eigenvalue weighted by Gasteiger charge is 2.11. The number of nitrogens with one attached hydrogen (secondary N) is 1. The van der Waals surface area contributed by atoms with Crippen LogP contribution in [-0.4, -0.2) is 16.9 Å². The number of amides is 1. The Hall–Kier alpha value is -1.72. The maximum Gasteiger partial charge on any atom is 0.251 e. The Morgan fingerprint density at radius 1 is 1.35 bits per heavy atom. The molecule has 2 aromatic rings. The molecule has 1 unspecified atom stereocenters. The fourth-order valence-corrected chi connectivity index (χ4v) is 2.86. The van der Waals surface area contributed by atoms with Crippen LogP contribution in [0.5, 0.6) is 0 Å². The molecule has 1 aromatic carbocycles. The molecule has 0 spiro atoms. The van der Waals surface area contributed by atoms with E-state index in [0.717, 1.165) is 6.42 Å². The lowest BCUT2D eigenvalue weighted by molar-refractivity contribution is 0.0940. The summed E-state index contributed by atoms with van der Waals surface area (Å²) >= 11 is 6.62. The van der Waals surface area contributed by atoms with Crippen LogP contribution in [0.2, 0.25) is 0 Å². The summed E-state index contributed by atoms with van der Waals surface area (Å²) in [6.45, 7) is 2.00. The second-order valence-electron chi connectivity index (χ2n) is 4.60. The lowest BCUT2D eigenvalue weighted by Gasteiger charge is -2.13. The molecule has 0 aliphatic carbocycles. The van der Waals surface area contributed by atoms with Gasteiger partial charge < -0.3 is 11.1 Å². The van der Waals surface area contributed by atoms with E-state index in [4.69, 9.17) is 18.0 Å². The Bertz CT molecular complexity index is 608. The van der Waals surface area contributed by atoms with Gasteiger partial charge in [0.25, 0.3) is 5.91 Å². The first-order chi connectivity index (χ1) is 9.56. The third kappa shape index (κ3) is 3.88. The topological polar surface area (TPSA) is 55.1 Å². The van der Waals surface area contributed by atoms with Gasteiger partial charge in [-0.05, 0) is 30.5 Å². The third-order valence-electron chi connectivity index (χ3n) is 2.87. The summed E-state index contributed by atoms with van der Waals surface area (Å²) in [5.74, 6) is -0.104. The molecule has 0 fully saturated rings. The molecule has 1 amide bonds. The van der Waals surface area contributed by atoms with Gasteiger partial charge in [-0.2, -0.15) is 0 Å². The van der Waals surface area contributed by atoms with Gasteiger partial charge in [0.05, 0.1) is 0 Å². The highest BCUT2D eigenvalue weighted by atomic mass is 32.1. The van der Waals surface area contributed by atoms with E-state index in [1.54, 1.807) is 35.6 Å². The minimum atomic E-state index is -0.104. The van der Waals surface area contributed by atoms with E-state index in [1.807, 2.05) is 18.4 Å². The molecule has 5 heteroatoms. The van der Waals surface area contributed by atoms with Crippen molar-refractivity contribution >= 4 is 34.5 Å². The van der Waals surface area contributed by atoms with Crippen LogP contribution in [0.3, 0.4) is 0 Å². The van der Waals surface area contributed by atoms with Crippen LogP contribution in [-0.2, 0) is 6.42 Å². The largest absolute Gasteiger partial charge is 0.389 e. The molecule has 2 rings (SSSR count). The fourth-order valence-electron chi connectivity index (χ4n) is 1.90. The van der Waals surface area contributed by atoms with Crippen LogP contribution in [0.15, 0.2) is 41.8 Å². The number of carbonyl (C=O) groups is 1. The molecule has 0 bridgehead atoms. The Morgan fingerprint density at radius 2 is 2.10 bits per heavy atom. The van der Waals surface area contributed by atoms with Crippen LogP contribution < -0.4 is 11.1 Å². The van der Waals surface area contributed by atoms with Crippen LogP contribution in [0.4, 0.5) is 0 Å². The summed E-state index contributed by atoms with van der Waals surface area (Å²) in [4.78, 5) is 13.7. The third-order valence-corrected chi connectivity index (χ3v) is 4.01. The van der Waals surface area contributed by atoms with Gasteiger partial charge in [-0.25, -0.2) is 0 Å². The lowest BCUT2D eigenvalue weighted by atomic mass is 10.1. The zero-order valence-electron chi connectivity index (χ0n) is 11.1. The smallest absolute Gasteiger partial charge is 0.251 e. The van der Waals surface area contributed by atoms with Crippen molar-refractivity contribution in [1.29, 1.82) is 0 Å². The van der Waals surface area contributed by atoms with Crippen LogP contribution >= 0.6 is 23.6 Å². The first-order valence-electron chi connectivity index (χ1n) is 6.29. The van der Waals surface area contributed by atoms with Gasteiger partial charge in [0.1, 0.15) is 4.99 Å². The predicted molar refractivity (Wildman–Crippen MR) is 87.3 cm³/mol. The standard InChI is InChI=1S/C15H16N2OS2/c1-10(8-13-6-3-7-20-13)17-15(18)12-5-2-4-11(9-12)14(16)19/h2-7,9-10H,8H2,1H3,(H2,16,19)(H,17,18). The van der Waals surface area contributed by atoms with E-state index in [9.17, 15) is 4.79 Å². The van der Waals surface area contributed by atoms with Gasteiger partial charge in [-0.1, -0.05) is 30.4 Å². The molecular weight excluding hydrogens is 288 g/mol. The maximum absolute atomic E-state index is 12.2. The van der Waals surface area contributed by atoms with Crippen LogP contribution in [0, 0.1) is 0 Å². The van der Waals surface area contributed by atoms with Crippen LogP contribution in [0.1, 0.15) is 27.7 Å². The second kappa shape index (κ2) is 6.63. The molecule has 20 heavy (non-hydrogen) atoms. The molecule has 1 atom stereocenters. The van der Waals surface area contributed by atoms with Crippen molar-refractivity contribution < 1.29 is 4.79 Å². The molecule has 0 radical (unpaired) electrons. The van der Waals surface area contributed by atoms with Crippen molar-refractivity contribution in [2.45, 2.75) is 19.4 Å². The number of nitrogens with two attached hydrogens (primary N) is 1. The molecule has 0 saturated carbocycles. The zero-order valence-corrected chi connectivity index (χ0v) is 12.8. The minimum absolute atomic E-state index is 0.0784. The molecule has 0 aliphatic rings. The van der Waals surface area contributed by atoms with Gasteiger partial charge in [-0.3, -0.25) is 4.79 Å². The molecular formula is C15H16N2OS2. The second-order valence-corrected chi connectivity index (χ2v) is 6.08. The zero-order chi connectivity index (χ0) is 14.5. The lowest BCUT2D eigenvalue weighted by Crippen LogP contribution is -2.34. The van der Waals surface area contributed by atoms with Gasteiger partial charge in [0, 0.05) is 28.5 Å². The molecule has 3 nitrogen and oxygen atoms in total. The quantitative estimate of drug-likeness (QED) is 0.835. The van der Waals surface area contributed by atoms with E-state index in [-0.39, 0.29) is 11.9 Å². The summed E-state index contributed by atoms with van der Waals surface area (Å²) in [5, 5.41) is 5.02. The van der Waals surface area contributed by atoms with Crippen molar-refractivity contribution in [3.8, 4) is 0 Å². The van der Waals surface area contributed by atoms with E-state index in [1.165, 1.54) is 4.88 Å². The number of benzene rings is 1. The monoisotopic (exact) mass is 304 g/mol. The maximum atomic E-state index is 12.2. The molecule has 0 saturated heterocycles. The Balaban J connectivity index is 2.00. The van der Waals surface area contributed by atoms with E-state index in [2.05, 4.69) is 11.4 Å². The molecule has 1 aromatic heterocycles. The van der Waals surface area contributed by atoms with Crippen molar-refractivity contribution in [2.75, 3.05) is 0 Å². The van der Waals surface area contributed by atoms with Gasteiger partial charge in [0.15, 0.2) is 0 Å². The Kier molecular flexibility index (Phi) is 4.87. The Labute approximate surface area is 127 Å². The first kappa shape index (κ1) is 14.7. The summed E-state index contributed by atoms with van der Waals surface area (Å²) in [6, 6.07) is 11.2. The van der Waals surface area contributed by atoms with Gasteiger partial charge in [0.2, 0.25) is 0 Å². The summed E-state index contributed by atoms with van der Waals surface area (Å²) < 4.78 is 0. The summed E-state index contributed by atoms with van der Waals surface area (Å²) in [7, 11) is 0. The summed E-state index contributed by atoms with van der Waals surface area (Å²) in [6.07, 6.45) is 0.832. The number of thiophene rings is 1. The SMILES string of the molecule is CC(Cc1cccs1)NC(=O)c1cccc(C(N)=S)c1. The van der Waals surface area contributed by atoms with Crippen molar-refractivity contribution in [3.05, 3.63) is 57.8 Å². The van der Waals surface area contributed by atoms with E-state index in [0.29, 0.717) is 16.1 Å². The number of rotatable bonds is 5. The van der Waals surface area contributed by atoms with Crippen molar-refractivity contribution in [1.82, 2.24) is 5.32 Å². The molecule has 0 aliphatic heterocycles. The number of hydrogen-bond acceptors (Lipinski definition) is 3. The Morgan fingerprint density at radius 3 is 2.75 bits per heavy atom. The fraction of sp³-hybridized carbons (Fsp3) is 0.200. The van der Waals surface area contributed by atoms with E-state index >= 15 is 0 Å². The molecule has 1 heterocycles. The summed E-state index contributed by atoms with van der Waals surface area (Å²) in [5.41, 5.74) is 6.86. The molecule has 104 valence electrons. The normalized spacial score (nSPS) is 11.8. The van der Waals surface area contributed by atoms with Crippen LogP contribution in [0.25, 0.3) is 0 Å². The predicted octanol–water partition coefficient (Wildman–Crippen LogP) is 2.74. The van der Waals surface area contributed by atoms with E-state index < -0.39 is 0 Å². The molecule has 3 N–H and O–H groups in total. The number of hydrogen-bond donors (Lipinski definition) is 2. The minimum Gasteiger partial charge on any atom is -0.389 e.